The average molecular weight is 372 g/mol. The lowest BCUT2D eigenvalue weighted by molar-refractivity contribution is -0.137. The first-order valence-electron chi connectivity index (χ1n) is 8.87. The third-order valence-electron chi connectivity index (χ3n) is 4.60. The smallest absolute Gasteiger partial charge is 0.355 e. The molecule has 144 valence electrons. The van der Waals surface area contributed by atoms with Crippen LogP contribution in [0.3, 0.4) is 0 Å². The number of anilines is 1. The molecule has 2 fully saturated rings. The van der Waals surface area contributed by atoms with Crippen LogP contribution < -0.4 is 10.2 Å². The van der Waals surface area contributed by atoms with E-state index in [2.05, 4.69) is 10.3 Å². The topological polar surface area (TPSA) is 57.7 Å². The van der Waals surface area contributed by atoms with Crippen LogP contribution in [0.4, 0.5) is 19.0 Å². The van der Waals surface area contributed by atoms with Crippen LogP contribution in [0.5, 0.6) is 0 Å². The van der Waals surface area contributed by atoms with Crippen molar-refractivity contribution in [2.24, 2.45) is 0 Å². The van der Waals surface area contributed by atoms with Gasteiger partial charge in [0, 0.05) is 44.8 Å². The van der Waals surface area contributed by atoms with Crippen molar-refractivity contribution in [2.75, 3.05) is 37.7 Å². The SMILES string of the molecule is O=C(CCN1CCCO1)N[C@H]1CCCN(c2ccc(C(F)(F)F)cn2)C1. The Balaban J connectivity index is 1.49. The molecular formula is C17H23F3N4O2. The highest BCUT2D eigenvalue weighted by Gasteiger charge is 2.31. The van der Waals surface area contributed by atoms with Gasteiger partial charge in [0.25, 0.3) is 0 Å². The third kappa shape index (κ3) is 5.07. The van der Waals surface area contributed by atoms with Gasteiger partial charge >= 0.3 is 6.18 Å². The Kier molecular flexibility index (Phi) is 5.98. The number of hydrogen-bond donors (Lipinski definition) is 1. The van der Waals surface area contributed by atoms with Crippen molar-refractivity contribution in [3.8, 4) is 0 Å². The molecule has 0 aromatic carbocycles. The number of aromatic nitrogens is 1. The van der Waals surface area contributed by atoms with Crippen LogP contribution in [0.2, 0.25) is 0 Å². The molecule has 6 nitrogen and oxygen atoms in total. The van der Waals surface area contributed by atoms with E-state index in [1.165, 1.54) is 6.07 Å². The fourth-order valence-electron chi connectivity index (χ4n) is 3.25. The minimum absolute atomic E-state index is 0.0279. The summed E-state index contributed by atoms with van der Waals surface area (Å²) in [4.78, 5) is 23.3. The highest BCUT2D eigenvalue weighted by atomic mass is 19.4. The highest BCUT2D eigenvalue weighted by molar-refractivity contribution is 5.76. The predicted molar refractivity (Wildman–Crippen MR) is 89.4 cm³/mol. The summed E-state index contributed by atoms with van der Waals surface area (Å²) in [6, 6.07) is 2.40. The summed E-state index contributed by atoms with van der Waals surface area (Å²) in [5.41, 5.74) is -0.757. The normalized spacial score (nSPS) is 21.8. The van der Waals surface area contributed by atoms with Crippen LogP contribution in [0, 0.1) is 0 Å². The summed E-state index contributed by atoms with van der Waals surface area (Å²) in [6.45, 7) is 3.39. The molecule has 9 heteroatoms. The van der Waals surface area contributed by atoms with Gasteiger partial charge in [0.05, 0.1) is 12.2 Å². The zero-order valence-corrected chi connectivity index (χ0v) is 14.5. The minimum Gasteiger partial charge on any atom is -0.355 e. The summed E-state index contributed by atoms with van der Waals surface area (Å²) in [7, 11) is 0. The molecule has 1 atom stereocenters. The number of halogens is 3. The number of amides is 1. The maximum atomic E-state index is 12.6. The zero-order chi connectivity index (χ0) is 18.6. The fourth-order valence-corrected chi connectivity index (χ4v) is 3.25. The number of nitrogens with zero attached hydrogens (tertiary/aromatic N) is 3. The van der Waals surface area contributed by atoms with Crippen molar-refractivity contribution in [1.29, 1.82) is 0 Å². The summed E-state index contributed by atoms with van der Waals surface area (Å²) < 4.78 is 37.9. The van der Waals surface area contributed by atoms with E-state index in [0.717, 1.165) is 38.1 Å². The molecule has 1 N–H and O–H groups in total. The Hall–Kier alpha value is -1.87. The van der Waals surface area contributed by atoms with Crippen LogP contribution in [-0.2, 0) is 15.8 Å². The van der Waals surface area contributed by atoms with Gasteiger partial charge in [0.15, 0.2) is 0 Å². The van der Waals surface area contributed by atoms with E-state index in [0.29, 0.717) is 38.5 Å². The first kappa shape index (κ1) is 18.9. The van der Waals surface area contributed by atoms with Gasteiger partial charge in [-0.2, -0.15) is 18.2 Å². The molecular weight excluding hydrogens is 349 g/mol. The maximum Gasteiger partial charge on any atom is 0.417 e. The Morgan fingerprint density at radius 3 is 2.81 bits per heavy atom. The van der Waals surface area contributed by atoms with Gasteiger partial charge < -0.3 is 10.2 Å². The number of carbonyl (C=O) groups is 1. The Labute approximate surface area is 150 Å². The van der Waals surface area contributed by atoms with E-state index < -0.39 is 11.7 Å². The number of rotatable bonds is 5. The van der Waals surface area contributed by atoms with Crippen LogP contribution in [0.1, 0.15) is 31.2 Å². The van der Waals surface area contributed by atoms with Gasteiger partial charge in [-0.3, -0.25) is 9.63 Å². The molecule has 1 aromatic heterocycles. The van der Waals surface area contributed by atoms with Gasteiger partial charge in [-0.15, -0.1) is 0 Å². The molecule has 26 heavy (non-hydrogen) atoms. The summed E-state index contributed by atoms with van der Waals surface area (Å²) in [6.07, 6.45) is -0.475. The quantitative estimate of drug-likeness (QED) is 0.859. The molecule has 1 amide bonds. The number of pyridine rings is 1. The summed E-state index contributed by atoms with van der Waals surface area (Å²) >= 11 is 0. The van der Waals surface area contributed by atoms with Gasteiger partial charge in [-0.1, -0.05) is 0 Å². The number of nitrogens with one attached hydrogen (secondary N) is 1. The second-order valence-electron chi connectivity index (χ2n) is 6.62. The van der Waals surface area contributed by atoms with E-state index in [1.807, 2.05) is 4.90 Å². The molecule has 3 heterocycles. The standard InChI is InChI=1S/C17H23F3N4O2/c18-17(19,20)13-4-5-15(21-11-13)23-7-1-3-14(12-23)22-16(25)6-9-24-8-2-10-26-24/h4-5,11,14H,1-3,6-10,12H2,(H,22,25)/t14-/m0/s1. The molecule has 0 unspecified atom stereocenters. The average Bonchev–Trinajstić information content (AvgIpc) is 3.13. The molecule has 2 aliphatic rings. The number of piperidine rings is 1. The molecule has 0 spiro atoms. The Bertz CT molecular complexity index is 603. The number of hydrogen-bond acceptors (Lipinski definition) is 5. The Morgan fingerprint density at radius 2 is 2.15 bits per heavy atom. The van der Waals surface area contributed by atoms with Crippen molar-refractivity contribution in [1.82, 2.24) is 15.4 Å². The van der Waals surface area contributed by atoms with Gasteiger partial charge in [-0.25, -0.2) is 4.98 Å². The molecule has 0 bridgehead atoms. The van der Waals surface area contributed by atoms with Crippen molar-refractivity contribution in [3.63, 3.8) is 0 Å². The molecule has 0 radical (unpaired) electrons. The van der Waals surface area contributed by atoms with Crippen molar-refractivity contribution in [3.05, 3.63) is 23.9 Å². The van der Waals surface area contributed by atoms with Crippen LogP contribution >= 0.6 is 0 Å². The molecule has 1 aromatic rings. The first-order valence-corrected chi connectivity index (χ1v) is 8.87. The second-order valence-corrected chi connectivity index (χ2v) is 6.62. The lowest BCUT2D eigenvalue weighted by Crippen LogP contribution is -2.48. The van der Waals surface area contributed by atoms with Crippen LogP contribution in [0.15, 0.2) is 18.3 Å². The van der Waals surface area contributed by atoms with E-state index >= 15 is 0 Å². The predicted octanol–water partition coefficient (Wildman–Crippen LogP) is 2.21. The van der Waals surface area contributed by atoms with Gasteiger partial charge in [0.1, 0.15) is 5.82 Å². The van der Waals surface area contributed by atoms with E-state index in [-0.39, 0.29) is 11.9 Å². The van der Waals surface area contributed by atoms with E-state index in [4.69, 9.17) is 4.84 Å². The van der Waals surface area contributed by atoms with E-state index in [1.54, 1.807) is 5.06 Å². The summed E-state index contributed by atoms with van der Waals surface area (Å²) in [5, 5.41) is 4.81. The molecule has 0 aliphatic carbocycles. The number of hydroxylamine groups is 2. The lowest BCUT2D eigenvalue weighted by atomic mass is 10.1. The Morgan fingerprint density at radius 1 is 1.31 bits per heavy atom. The summed E-state index contributed by atoms with van der Waals surface area (Å²) in [5.74, 6) is 0.468. The highest BCUT2D eigenvalue weighted by Crippen LogP contribution is 2.29. The minimum atomic E-state index is -4.39. The fraction of sp³-hybridized carbons (Fsp3) is 0.647. The van der Waals surface area contributed by atoms with Crippen molar-refractivity contribution >= 4 is 11.7 Å². The largest absolute Gasteiger partial charge is 0.417 e. The molecule has 3 rings (SSSR count). The second kappa shape index (κ2) is 8.22. The molecule has 0 saturated carbocycles. The molecule has 2 aliphatic heterocycles. The van der Waals surface area contributed by atoms with Gasteiger partial charge in [0.2, 0.25) is 5.91 Å². The van der Waals surface area contributed by atoms with E-state index in [9.17, 15) is 18.0 Å². The third-order valence-corrected chi connectivity index (χ3v) is 4.60. The number of alkyl halides is 3. The van der Waals surface area contributed by atoms with Crippen molar-refractivity contribution < 1.29 is 22.8 Å². The maximum absolute atomic E-state index is 12.6. The van der Waals surface area contributed by atoms with Crippen molar-refractivity contribution in [2.45, 2.75) is 37.9 Å². The first-order chi connectivity index (χ1) is 12.4. The van der Waals surface area contributed by atoms with Crippen LogP contribution in [0.25, 0.3) is 0 Å². The van der Waals surface area contributed by atoms with Crippen LogP contribution in [-0.4, -0.2) is 54.8 Å². The monoisotopic (exact) mass is 372 g/mol. The van der Waals surface area contributed by atoms with Gasteiger partial charge in [-0.05, 0) is 31.4 Å². The zero-order valence-electron chi connectivity index (χ0n) is 14.5. The number of carbonyl (C=O) groups excluding carboxylic acids is 1. The lowest BCUT2D eigenvalue weighted by Gasteiger charge is -2.34. The molecule has 2 saturated heterocycles.